The highest BCUT2D eigenvalue weighted by atomic mass is 16.3. The number of anilines is 1. The lowest BCUT2D eigenvalue weighted by Gasteiger charge is -2.21. The number of carbonyl (C=O) groups is 1. The van der Waals surface area contributed by atoms with Gasteiger partial charge in [0.25, 0.3) is 5.91 Å². The minimum absolute atomic E-state index is 0.346. The summed E-state index contributed by atoms with van der Waals surface area (Å²) in [5.41, 5.74) is 9.76. The van der Waals surface area contributed by atoms with Crippen LogP contribution in [0.2, 0.25) is 0 Å². The molecule has 0 spiro atoms. The zero-order valence-electron chi connectivity index (χ0n) is 29.5. The van der Waals surface area contributed by atoms with Crippen LogP contribution in [-0.4, -0.2) is 15.6 Å². The largest absolute Gasteiger partial charge is 0.369 e. The Balaban J connectivity index is 1.26. The number of carbonyl (C=O) groups excluding carboxylic acids is 1. The zero-order chi connectivity index (χ0) is 38.5. The van der Waals surface area contributed by atoms with Gasteiger partial charge in [-0.2, -0.15) is 21.0 Å². The van der Waals surface area contributed by atoms with E-state index in [4.69, 9.17) is 0 Å². The Morgan fingerprint density at radius 3 is 1.46 bits per heavy atom. The van der Waals surface area contributed by atoms with Gasteiger partial charge in [-0.05, 0) is 100 Å². The third kappa shape index (κ3) is 5.44. The fourth-order valence-electron chi connectivity index (χ4n) is 7.75. The molecule has 0 aliphatic carbocycles. The topological polar surface area (TPSA) is 141 Å². The van der Waals surface area contributed by atoms with E-state index in [1.54, 1.807) is 42.5 Å². The van der Waals surface area contributed by atoms with Crippen LogP contribution >= 0.6 is 0 Å². The number of aliphatic hydroxyl groups excluding tert-OH is 1. The zero-order valence-corrected chi connectivity index (χ0v) is 29.5. The maximum atomic E-state index is 14.6. The highest BCUT2D eigenvalue weighted by Crippen LogP contribution is 2.43. The van der Waals surface area contributed by atoms with E-state index in [9.17, 15) is 30.9 Å². The first-order valence-electron chi connectivity index (χ1n) is 17.7. The van der Waals surface area contributed by atoms with Crippen molar-refractivity contribution >= 4 is 33.4 Å². The maximum absolute atomic E-state index is 14.6. The van der Waals surface area contributed by atoms with Crippen molar-refractivity contribution in [1.82, 2.24) is 4.57 Å². The highest BCUT2D eigenvalue weighted by molar-refractivity contribution is 6.16. The second-order valence-electron chi connectivity index (χ2n) is 13.5. The fourth-order valence-corrected chi connectivity index (χ4v) is 7.75. The van der Waals surface area contributed by atoms with E-state index in [0.717, 1.165) is 44.1 Å². The van der Waals surface area contributed by atoms with Crippen molar-refractivity contribution in [2.75, 3.05) is 4.90 Å². The molecule has 1 aliphatic heterocycles. The van der Waals surface area contributed by atoms with E-state index in [-0.39, 0.29) is 5.91 Å². The molecule has 7 aromatic carbocycles. The van der Waals surface area contributed by atoms with Gasteiger partial charge in [0.2, 0.25) is 0 Å². The molecule has 56 heavy (non-hydrogen) atoms. The van der Waals surface area contributed by atoms with Crippen molar-refractivity contribution in [2.24, 2.45) is 0 Å². The van der Waals surface area contributed by atoms with Gasteiger partial charge in [-0.25, -0.2) is 0 Å². The van der Waals surface area contributed by atoms with Crippen LogP contribution in [0, 0.1) is 45.3 Å². The number of amides is 1. The van der Waals surface area contributed by atoms with Crippen molar-refractivity contribution in [3.63, 3.8) is 0 Å². The molecule has 0 bridgehead atoms. The van der Waals surface area contributed by atoms with Gasteiger partial charge in [0.15, 0.2) is 6.23 Å². The summed E-state index contributed by atoms with van der Waals surface area (Å²) in [5, 5.41) is 52.4. The molecule has 2 heterocycles. The molecule has 9 rings (SSSR count). The van der Waals surface area contributed by atoms with Crippen molar-refractivity contribution in [2.45, 2.75) is 6.23 Å². The van der Waals surface area contributed by atoms with Crippen molar-refractivity contribution in [3.8, 4) is 63.3 Å². The first-order chi connectivity index (χ1) is 27.4. The Hall–Kier alpha value is -8.27. The van der Waals surface area contributed by atoms with E-state index < -0.39 is 6.23 Å². The second kappa shape index (κ2) is 13.3. The van der Waals surface area contributed by atoms with Gasteiger partial charge in [-0.3, -0.25) is 9.69 Å². The number of aromatic nitrogens is 1. The Labute approximate surface area is 321 Å². The Kier molecular flexibility index (Phi) is 7.97. The Bertz CT molecular complexity index is 2920. The first-order valence-corrected chi connectivity index (χ1v) is 17.7. The summed E-state index contributed by atoms with van der Waals surface area (Å²) in [7, 11) is 0. The van der Waals surface area contributed by atoms with Crippen LogP contribution in [0.3, 0.4) is 0 Å². The van der Waals surface area contributed by atoms with Crippen molar-refractivity contribution in [1.29, 1.82) is 21.0 Å². The predicted octanol–water partition coefficient (Wildman–Crippen LogP) is 9.92. The molecular weight excluding hydrogens is 693 g/mol. The summed E-state index contributed by atoms with van der Waals surface area (Å²) >= 11 is 0. The molecule has 1 unspecified atom stereocenters. The lowest BCUT2D eigenvalue weighted by molar-refractivity contribution is 0.0935. The van der Waals surface area contributed by atoms with Crippen LogP contribution < -0.4 is 4.90 Å². The molecule has 1 aromatic heterocycles. The van der Waals surface area contributed by atoms with Crippen molar-refractivity contribution in [3.05, 3.63) is 179 Å². The van der Waals surface area contributed by atoms with E-state index in [1.165, 1.54) is 4.90 Å². The summed E-state index contributed by atoms with van der Waals surface area (Å²) in [5.74, 6) is -0.362. The number of benzene rings is 7. The van der Waals surface area contributed by atoms with E-state index in [0.29, 0.717) is 55.9 Å². The number of nitriles is 4. The van der Waals surface area contributed by atoms with E-state index in [1.807, 2.05) is 108 Å². The van der Waals surface area contributed by atoms with Crippen molar-refractivity contribution < 1.29 is 9.90 Å². The lowest BCUT2D eigenvalue weighted by Crippen LogP contribution is -2.27. The molecule has 8 heteroatoms. The van der Waals surface area contributed by atoms with Gasteiger partial charge in [0.1, 0.15) is 0 Å². The fraction of sp³-hybridized carbons (Fsp3) is 0.0208. The average Bonchev–Trinajstić information content (AvgIpc) is 3.72. The normalized spacial score (nSPS) is 13.2. The van der Waals surface area contributed by atoms with Crippen LogP contribution in [-0.2, 0) is 0 Å². The summed E-state index contributed by atoms with van der Waals surface area (Å²) < 4.78 is 2.00. The molecule has 0 saturated carbocycles. The summed E-state index contributed by atoms with van der Waals surface area (Å²) in [6.07, 6.45) is -1.24. The SMILES string of the molecule is N#Cc1cc(C#N)cc(-c2ccc3c4ccc(-c5cc(C#N)cc(C#N)c5)cc4n(-c4cccc5c4C(=O)N(c4ccc(-c6ccccc6)cc4)C5O)c3c2)c1. The molecule has 1 atom stereocenters. The number of nitrogens with zero attached hydrogens (tertiary/aromatic N) is 6. The minimum Gasteiger partial charge on any atom is -0.369 e. The lowest BCUT2D eigenvalue weighted by atomic mass is 9.98. The quantitative estimate of drug-likeness (QED) is 0.188. The number of hydrogen-bond acceptors (Lipinski definition) is 6. The molecule has 260 valence electrons. The third-order valence-corrected chi connectivity index (χ3v) is 10.3. The Morgan fingerprint density at radius 2 is 0.964 bits per heavy atom. The van der Waals surface area contributed by atoms with Crippen LogP contribution in [0.1, 0.15) is 44.4 Å². The molecule has 0 saturated heterocycles. The van der Waals surface area contributed by atoms with Crippen LogP contribution in [0.4, 0.5) is 5.69 Å². The summed E-state index contributed by atoms with van der Waals surface area (Å²) in [6, 6.07) is 53.4. The molecule has 1 N–H and O–H groups in total. The van der Waals surface area contributed by atoms with Gasteiger partial charge >= 0.3 is 0 Å². The average molecular weight is 719 g/mol. The molecule has 0 fully saturated rings. The molecule has 8 aromatic rings. The number of aliphatic hydroxyl groups is 1. The van der Waals surface area contributed by atoms with Crippen LogP contribution in [0.15, 0.2) is 146 Å². The van der Waals surface area contributed by atoms with E-state index >= 15 is 0 Å². The number of rotatable bonds is 5. The molecular formula is C48H26N6O2. The van der Waals surface area contributed by atoms with Gasteiger partial charge in [0.05, 0.1) is 68.8 Å². The smallest absolute Gasteiger partial charge is 0.263 e. The highest BCUT2D eigenvalue weighted by Gasteiger charge is 2.39. The van der Waals surface area contributed by atoms with Crippen LogP contribution in [0.25, 0.3) is 60.9 Å². The molecule has 8 nitrogen and oxygen atoms in total. The number of fused-ring (bicyclic) bond motifs is 4. The summed E-state index contributed by atoms with van der Waals surface area (Å²) in [4.78, 5) is 16.0. The molecule has 1 aliphatic rings. The van der Waals surface area contributed by atoms with Gasteiger partial charge in [-0.15, -0.1) is 0 Å². The predicted molar refractivity (Wildman–Crippen MR) is 214 cm³/mol. The number of hydrogen-bond donors (Lipinski definition) is 1. The van der Waals surface area contributed by atoms with Gasteiger partial charge in [0, 0.05) is 22.0 Å². The third-order valence-electron chi connectivity index (χ3n) is 10.3. The van der Waals surface area contributed by atoms with Gasteiger partial charge < -0.3 is 9.67 Å². The Morgan fingerprint density at radius 1 is 0.482 bits per heavy atom. The standard InChI is InChI=1S/C48H26N6O2/c49-25-29-17-30(26-50)20-37(19-29)35-11-15-40-41-16-12-36(38-21-31(27-51)18-32(22-38)28-52)24-45(41)54(44(40)23-35)43-8-4-7-42-46(43)48(56)53(47(42)55)39-13-9-34(10-14-39)33-5-2-1-3-6-33/h1-24,47,55H. The summed E-state index contributed by atoms with van der Waals surface area (Å²) in [6.45, 7) is 0. The van der Waals surface area contributed by atoms with E-state index in [2.05, 4.69) is 24.3 Å². The molecule has 0 radical (unpaired) electrons. The monoisotopic (exact) mass is 718 g/mol. The maximum Gasteiger partial charge on any atom is 0.263 e. The van der Waals surface area contributed by atoms with Gasteiger partial charge in [-0.1, -0.05) is 78.9 Å². The second-order valence-corrected chi connectivity index (χ2v) is 13.5. The molecule has 1 amide bonds. The minimum atomic E-state index is -1.24. The first kappa shape index (κ1) is 33.6. The van der Waals surface area contributed by atoms with Crippen LogP contribution in [0.5, 0.6) is 0 Å².